The number of para-hydroxylation sites is 2. The van der Waals surface area contributed by atoms with Crippen LogP contribution >= 0.6 is 0 Å². The van der Waals surface area contributed by atoms with Gasteiger partial charge in [0.1, 0.15) is 5.82 Å². The Morgan fingerprint density at radius 2 is 2.05 bits per heavy atom. The number of hydrogen-bond donors (Lipinski definition) is 1. The molecule has 2 aromatic rings. The van der Waals surface area contributed by atoms with Gasteiger partial charge in [0.2, 0.25) is 0 Å². The summed E-state index contributed by atoms with van der Waals surface area (Å²) in [4.78, 5) is 4.78. The maximum atomic E-state index is 6.02. The van der Waals surface area contributed by atoms with Crippen molar-refractivity contribution < 1.29 is 4.74 Å². The van der Waals surface area contributed by atoms with Crippen LogP contribution in [0.3, 0.4) is 0 Å². The third kappa shape index (κ3) is 3.11. The van der Waals surface area contributed by atoms with Crippen molar-refractivity contribution in [2.24, 2.45) is 7.05 Å². The van der Waals surface area contributed by atoms with Crippen molar-refractivity contribution in [1.29, 1.82) is 0 Å². The van der Waals surface area contributed by atoms with Gasteiger partial charge in [0.25, 0.3) is 0 Å². The molecule has 0 aliphatic heterocycles. The highest BCUT2D eigenvalue weighted by Crippen LogP contribution is 2.24. The first-order chi connectivity index (χ1) is 10.1. The molecule has 2 unspecified atom stereocenters. The van der Waals surface area contributed by atoms with Crippen LogP contribution in [0.15, 0.2) is 24.3 Å². The molecule has 21 heavy (non-hydrogen) atoms. The highest BCUT2D eigenvalue weighted by atomic mass is 16.5. The summed E-state index contributed by atoms with van der Waals surface area (Å²) in [5.41, 5.74) is 2.05. The molecule has 1 aromatic heterocycles. The molecule has 0 amide bonds. The van der Waals surface area contributed by atoms with E-state index in [1.807, 2.05) is 13.1 Å². The zero-order valence-electron chi connectivity index (χ0n) is 13.8. The fraction of sp³-hybridized carbons (Fsp3) is 0.588. The van der Waals surface area contributed by atoms with Crippen LogP contribution in [-0.4, -0.2) is 34.8 Å². The second kappa shape index (κ2) is 6.58. The summed E-state index contributed by atoms with van der Waals surface area (Å²) in [6.07, 6.45) is 1.82. The van der Waals surface area contributed by atoms with Gasteiger partial charge in [-0.3, -0.25) is 0 Å². The van der Waals surface area contributed by atoms with Crippen LogP contribution in [0.4, 0.5) is 0 Å². The van der Waals surface area contributed by atoms with E-state index in [1.54, 1.807) is 0 Å². The predicted molar refractivity (Wildman–Crippen MR) is 87.6 cm³/mol. The van der Waals surface area contributed by atoms with E-state index >= 15 is 0 Å². The first kappa shape index (κ1) is 16.0. The van der Waals surface area contributed by atoms with Crippen molar-refractivity contribution in [3.63, 3.8) is 0 Å². The minimum Gasteiger partial charge on any atom is -0.374 e. The SMILES string of the molecule is CCOC(C)(CC)C(Cc1nc2ccccc2n1C)NC. The molecule has 4 heteroatoms. The Kier molecular flexibility index (Phi) is 5.01. The van der Waals surface area contributed by atoms with E-state index in [-0.39, 0.29) is 11.6 Å². The van der Waals surface area contributed by atoms with E-state index in [4.69, 9.17) is 9.72 Å². The maximum Gasteiger partial charge on any atom is 0.111 e. The van der Waals surface area contributed by atoms with Gasteiger partial charge in [0.15, 0.2) is 0 Å². The largest absolute Gasteiger partial charge is 0.374 e. The Balaban J connectivity index is 2.30. The van der Waals surface area contributed by atoms with Crippen molar-refractivity contribution in [3.8, 4) is 0 Å². The summed E-state index contributed by atoms with van der Waals surface area (Å²) in [6.45, 7) is 7.13. The molecular formula is C17H27N3O. The van der Waals surface area contributed by atoms with Crippen LogP contribution < -0.4 is 5.32 Å². The van der Waals surface area contributed by atoms with Crippen LogP contribution in [0, 0.1) is 0 Å². The fourth-order valence-electron chi connectivity index (χ4n) is 2.96. The standard InChI is InChI=1S/C17H27N3O/c1-6-17(3,21-7-2)15(18-4)12-16-19-13-10-8-9-11-14(13)20(16)5/h8-11,15,18H,6-7,12H2,1-5H3. The van der Waals surface area contributed by atoms with Gasteiger partial charge in [0.05, 0.1) is 16.6 Å². The van der Waals surface area contributed by atoms with E-state index in [9.17, 15) is 0 Å². The molecule has 0 aliphatic rings. The molecule has 116 valence electrons. The van der Waals surface area contributed by atoms with Gasteiger partial charge < -0.3 is 14.6 Å². The van der Waals surface area contributed by atoms with Gasteiger partial charge in [-0.2, -0.15) is 0 Å². The van der Waals surface area contributed by atoms with E-state index in [0.717, 1.165) is 30.8 Å². The van der Waals surface area contributed by atoms with Crippen molar-refractivity contribution in [1.82, 2.24) is 14.9 Å². The fourth-order valence-corrected chi connectivity index (χ4v) is 2.96. The predicted octanol–water partition coefficient (Wildman–Crippen LogP) is 2.91. The van der Waals surface area contributed by atoms with E-state index in [1.165, 1.54) is 5.52 Å². The van der Waals surface area contributed by atoms with Crippen LogP contribution in [0.2, 0.25) is 0 Å². The number of aryl methyl sites for hydroxylation is 1. The molecule has 2 rings (SSSR count). The summed E-state index contributed by atoms with van der Waals surface area (Å²) in [6, 6.07) is 8.50. The van der Waals surface area contributed by atoms with Crippen LogP contribution in [0.1, 0.15) is 33.0 Å². The molecule has 0 radical (unpaired) electrons. The lowest BCUT2D eigenvalue weighted by Crippen LogP contribution is -2.50. The summed E-state index contributed by atoms with van der Waals surface area (Å²) in [5.74, 6) is 1.09. The molecular weight excluding hydrogens is 262 g/mol. The Labute approximate surface area is 127 Å². The lowest BCUT2D eigenvalue weighted by atomic mass is 9.90. The van der Waals surface area contributed by atoms with Crippen LogP contribution in [-0.2, 0) is 18.2 Å². The molecule has 0 saturated carbocycles. The zero-order valence-corrected chi connectivity index (χ0v) is 13.8. The highest BCUT2D eigenvalue weighted by molar-refractivity contribution is 5.75. The topological polar surface area (TPSA) is 39.1 Å². The normalized spacial score (nSPS) is 16.0. The minimum absolute atomic E-state index is 0.179. The number of nitrogens with zero attached hydrogens (tertiary/aromatic N) is 2. The van der Waals surface area contributed by atoms with Crippen molar-refractivity contribution in [2.45, 2.75) is 45.3 Å². The number of rotatable bonds is 7. The van der Waals surface area contributed by atoms with Crippen molar-refractivity contribution in [3.05, 3.63) is 30.1 Å². The smallest absolute Gasteiger partial charge is 0.111 e. The van der Waals surface area contributed by atoms with Gasteiger partial charge in [0, 0.05) is 26.1 Å². The minimum atomic E-state index is -0.179. The number of hydrogen-bond acceptors (Lipinski definition) is 3. The number of nitrogens with one attached hydrogen (secondary N) is 1. The summed E-state index contributed by atoms with van der Waals surface area (Å²) in [7, 11) is 4.08. The van der Waals surface area contributed by atoms with Gasteiger partial charge in [-0.1, -0.05) is 19.1 Å². The number of imidazole rings is 1. The summed E-state index contributed by atoms with van der Waals surface area (Å²) in [5, 5.41) is 3.42. The van der Waals surface area contributed by atoms with Crippen LogP contribution in [0.5, 0.6) is 0 Å². The lowest BCUT2D eigenvalue weighted by Gasteiger charge is -2.36. The van der Waals surface area contributed by atoms with Gasteiger partial charge >= 0.3 is 0 Å². The van der Waals surface area contributed by atoms with E-state index in [2.05, 4.69) is 55.9 Å². The first-order valence-corrected chi connectivity index (χ1v) is 7.77. The highest BCUT2D eigenvalue weighted by Gasteiger charge is 2.33. The third-order valence-electron chi connectivity index (χ3n) is 4.53. The summed E-state index contributed by atoms with van der Waals surface area (Å²) < 4.78 is 8.20. The molecule has 0 spiro atoms. The van der Waals surface area contributed by atoms with Gasteiger partial charge in [-0.05, 0) is 39.4 Å². The Morgan fingerprint density at radius 3 is 2.62 bits per heavy atom. The monoisotopic (exact) mass is 289 g/mol. The van der Waals surface area contributed by atoms with Gasteiger partial charge in [-0.15, -0.1) is 0 Å². The molecule has 0 fully saturated rings. The average Bonchev–Trinajstić information content (AvgIpc) is 2.81. The third-order valence-corrected chi connectivity index (χ3v) is 4.53. The molecule has 1 N–H and O–H groups in total. The van der Waals surface area contributed by atoms with Gasteiger partial charge in [-0.25, -0.2) is 4.98 Å². The number of aromatic nitrogens is 2. The second-order valence-electron chi connectivity index (χ2n) is 5.72. The molecule has 0 bridgehead atoms. The number of fused-ring (bicyclic) bond motifs is 1. The number of ether oxygens (including phenoxy) is 1. The molecule has 4 nitrogen and oxygen atoms in total. The van der Waals surface area contributed by atoms with Crippen molar-refractivity contribution in [2.75, 3.05) is 13.7 Å². The maximum absolute atomic E-state index is 6.02. The Hall–Kier alpha value is -1.39. The lowest BCUT2D eigenvalue weighted by molar-refractivity contribution is -0.0539. The molecule has 1 heterocycles. The summed E-state index contributed by atoms with van der Waals surface area (Å²) >= 11 is 0. The van der Waals surface area contributed by atoms with E-state index < -0.39 is 0 Å². The van der Waals surface area contributed by atoms with E-state index in [0.29, 0.717) is 0 Å². The zero-order chi connectivity index (χ0) is 15.5. The van der Waals surface area contributed by atoms with Crippen molar-refractivity contribution >= 4 is 11.0 Å². The molecule has 0 saturated heterocycles. The number of benzene rings is 1. The van der Waals surface area contributed by atoms with Crippen LogP contribution in [0.25, 0.3) is 11.0 Å². The number of likely N-dealkylation sites (N-methyl/N-ethyl adjacent to an activating group) is 1. The second-order valence-corrected chi connectivity index (χ2v) is 5.72. The molecule has 2 atom stereocenters. The Bertz CT molecular complexity index is 593. The average molecular weight is 289 g/mol. The molecule has 1 aromatic carbocycles. The first-order valence-electron chi connectivity index (χ1n) is 7.77. The Morgan fingerprint density at radius 1 is 1.33 bits per heavy atom. The quantitative estimate of drug-likeness (QED) is 0.852. The molecule has 0 aliphatic carbocycles.